The van der Waals surface area contributed by atoms with Gasteiger partial charge in [0.25, 0.3) is 0 Å². The molecule has 0 spiro atoms. The highest BCUT2D eigenvalue weighted by atomic mass is 32.2. The third kappa shape index (κ3) is 4.69. The lowest BCUT2D eigenvalue weighted by Gasteiger charge is -2.38. The second-order valence-electron chi connectivity index (χ2n) is 6.11. The van der Waals surface area contributed by atoms with Gasteiger partial charge in [-0.25, -0.2) is 4.98 Å². The van der Waals surface area contributed by atoms with Gasteiger partial charge >= 0.3 is 0 Å². The first kappa shape index (κ1) is 17.8. The first-order chi connectivity index (χ1) is 11.0. The maximum absolute atomic E-state index is 12.6. The normalized spacial score (nSPS) is 18.5. The molecule has 0 aromatic carbocycles. The minimum absolute atomic E-state index is 0.0624. The van der Waals surface area contributed by atoms with Crippen LogP contribution in [0.4, 0.5) is 0 Å². The van der Waals surface area contributed by atoms with Gasteiger partial charge in [0.15, 0.2) is 0 Å². The number of carbonyl (C=O) groups is 1. The van der Waals surface area contributed by atoms with Gasteiger partial charge in [-0.1, -0.05) is 31.7 Å². The molecule has 0 aliphatic carbocycles. The van der Waals surface area contributed by atoms with Crippen LogP contribution in [0.5, 0.6) is 0 Å². The molecule has 2 heterocycles. The van der Waals surface area contributed by atoms with Crippen molar-refractivity contribution in [1.29, 1.82) is 5.26 Å². The van der Waals surface area contributed by atoms with Gasteiger partial charge in [0.2, 0.25) is 5.91 Å². The van der Waals surface area contributed by atoms with Crippen LogP contribution < -0.4 is 0 Å². The van der Waals surface area contributed by atoms with E-state index in [9.17, 15) is 10.1 Å². The molecule has 0 N–H and O–H groups in total. The van der Waals surface area contributed by atoms with E-state index in [4.69, 9.17) is 0 Å². The van der Waals surface area contributed by atoms with E-state index in [1.54, 1.807) is 6.20 Å². The van der Waals surface area contributed by atoms with Gasteiger partial charge in [0.05, 0.1) is 16.3 Å². The predicted octanol–water partition coefficient (Wildman–Crippen LogP) is 2.25. The largest absolute Gasteiger partial charge is 0.339 e. The Labute approximate surface area is 142 Å². The van der Waals surface area contributed by atoms with Crippen molar-refractivity contribution in [3.8, 4) is 6.07 Å². The summed E-state index contributed by atoms with van der Waals surface area (Å²) < 4.78 is 0. The minimum atomic E-state index is -0.145. The molecular weight excluding hydrogens is 308 g/mol. The third-order valence-corrected chi connectivity index (χ3v) is 5.10. The van der Waals surface area contributed by atoms with Crippen LogP contribution in [0.2, 0.25) is 0 Å². The molecule has 2 rings (SSSR count). The van der Waals surface area contributed by atoms with E-state index < -0.39 is 0 Å². The molecule has 5 nitrogen and oxygen atoms in total. The van der Waals surface area contributed by atoms with Crippen molar-refractivity contribution in [3.63, 3.8) is 0 Å². The Balaban J connectivity index is 1.87. The first-order valence-electron chi connectivity index (χ1n) is 8.03. The summed E-state index contributed by atoms with van der Waals surface area (Å²) in [6, 6.07) is 8.04. The van der Waals surface area contributed by atoms with Crippen LogP contribution in [0.3, 0.4) is 0 Å². The van der Waals surface area contributed by atoms with Gasteiger partial charge in [-0.2, -0.15) is 5.26 Å². The fraction of sp³-hybridized carbons (Fsp3) is 0.588. The maximum atomic E-state index is 12.6. The second kappa shape index (κ2) is 8.32. The van der Waals surface area contributed by atoms with E-state index in [0.717, 1.165) is 18.1 Å². The zero-order valence-corrected chi connectivity index (χ0v) is 14.8. The van der Waals surface area contributed by atoms with Gasteiger partial charge in [-0.15, -0.1) is 0 Å². The number of pyridine rings is 1. The highest BCUT2D eigenvalue weighted by Crippen LogP contribution is 2.23. The van der Waals surface area contributed by atoms with Crippen molar-refractivity contribution in [2.24, 2.45) is 5.92 Å². The number of thioether (sulfide) groups is 1. The van der Waals surface area contributed by atoms with Crippen molar-refractivity contribution in [2.45, 2.75) is 37.1 Å². The molecule has 1 amide bonds. The summed E-state index contributed by atoms with van der Waals surface area (Å²) in [5.41, 5.74) is 0. The van der Waals surface area contributed by atoms with Crippen molar-refractivity contribution >= 4 is 17.7 Å². The van der Waals surface area contributed by atoms with E-state index in [1.165, 1.54) is 11.8 Å². The van der Waals surface area contributed by atoms with E-state index in [2.05, 4.69) is 29.8 Å². The molecule has 0 bridgehead atoms. The van der Waals surface area contributed by atoms with E-state index in [1.807, 2.05) is 30.0 Å². The predicted molar refractivity (Wildman–Crippen MR) is 91.9 cm³/mol. The molecule has 0 unspecified atom stereocenters. The second-order valence-corrected chi connectivity index (χ2v) is 7.47. The topological polar surface area (TPSA) is 60.2 Å². The number of hydrogen-bond donors (Lipinski definition) is 0. The lowest BCUT2D eigenvalue weighted by atomic mass is 10.0. The summed E-state index contributed by atoms with van der Waals surface area (Å²) in [7, 11) is 0. The maximum Gasteiger partial charge on any atom is 0.235 e. The number of nitriles is 1. The third-order valence-electron chi connectivity index (χ3n) is 4.07. The quantitative estimate of drug-likeness (QED) is 0.774. The average Bonchev–Trinajstić information content (AvgIpc) is 2.56. The van der Waals surface area contributed by atoms with Crippen molar-refractivity contribution < 1.29 is 4.79 Å². The summed E-state index contributed by atoms with van der Waals surface area (Å²) in [5.74, 6) is 0.458. The zero-order valence-electron chi connectivity index (χ0n) is 14.0. The number of rotatable bonds is 5. The van der Waals surface area contributed by atoms with Crippen LogP contribution in [0.15, 0.2) is 29.4 Å². The van der Waals surface area contributed by atoms with Gasteiger partial charge in [0.1, 0.15) is 6.04 Å². The molecule has 1 aliphatic heterocycles. The standard InChI is InChI=1S/C17H24N4OS/c1-13(2)15(12-18)20-8-10-21(11-9-20)17(22)14(3)23-16-6-4-5-7-19-16/h4-7,13-15H,8-11H2,1-3H3/t14-,15+/m0/s1. The van der Waals surface area contributed by atoms with Crippen LogP contribution in [-0.2, 0) is 4.79 Å². The molecule has 0 saturated carbocycles. The van der Waals surface area contributed by atoms with Crippen LogP contribution in [0.1, 0.15) is 20.8 Å². The van der Waals surface area contributed by atoms with Crippen molar-refractivity contribution in [3.05, 3.63) is 24.4 Å². The smallest absolute Gasteiger partial charge is 0.235 e. The first-order valence-corrected chi connectivity index (χ1v) is 8.91. The van der Waals surface area contributed by atoms with Crippen LogP contribution >= 0.6 is 11.8 Å². The van der Waals surface area contributed by atoms with Crippen LogP contribution in [-0.4, -0.2) is 58.2 Å². The Morgan fingerprint density at radius 3 is 2.48 bits per heavy atom. The SMILES string of the molecule is CC(C)[C@@H](C#N)N1CCN(C(=O)[C@H](C)Sc2ccccn2)CC1. The van der Waals surface area contributed by atoms with Crippen molar-refractivity contribution in [2.75, 3.05) is 26.2 Å². The summed E-state index contributed by atoms with van der Waals surface area (Å²) in [6.07, 6.45) is 1.74. The number of nitrogens with zero attached hydrogens (tertiary/aromatic N) is 4. The van der Waals surface area contributed by atoms with Crippen LogP contribution in [0, 0.1) is 17.2 Å². The van der Waals surface area contributed by atoms with E-state index >= 15 is 0 Å². The molecular formula is C17H24N4OS. The Kier molecular flexibility index (Phi) is 6.43. The molecule has 1 aromatic rings. The number of hydrogen-bond acceptors (Lipinski definition) is 5. The van der Waals surface area contributed by atoms with Gasteiger partial charge < -0.3 is 4.90 Å². The average molecular weight is 332 g/mol. The molecule has 6 heteroatoms. The lowest BCUT2D eigenvalue weighted by Crippen LogP contribution is -2.54. The fourth-order valence-electron chi connectivity index (χ4n) is 2.78. The molecule has 1 fully saturated rings. The number of carbonyl (C=O) groups excluding carboxylic acids is 1. The zero-order chi connectivity index (χ0) is 16.8. The summed E-state index contributed by atoms with van der Waals surface area (Å²) >= 11 is 1.49. The molecule has 23 heavy (non-hydrogen) atoms. The minimum Gasteiger partial charge on any atom is -0.339 e. The Morgan fingerprint density at radius 2 is 1.96 bits per heavy atom. The summed E-state index contributed by atoms with van der Waals surface area (Å²) in [6.45, 7) is 8.98. The molecule has 1 saturated heterocycles. The monoisotopic (exact) mass is 332 g/mol. The number of amides is 1. The van der Waals surface area contributed by atoms with Gasteiger partial charge in [-0.05, 0) is 25.0 Å². The molecule has 1 aromatic heterocycles. The van der Waals surface area contributed by atoms with Crippen LogP contribution in [0.25, 0.3) is 0 Å². The van der Waals surface area contributed by atoms with E-state index in [0.29, 0.717) is 19.0 Å². The molecule has 2 atom stereocenters. The highest BCUT2D eigenvalue weighted by Gasteiger charge is 2.29. The molecule has 1 aliphatic rings. The Morgan fingerprint density at radius 1 is 1.26 bits per heavy atom. The highest BCUT2D eigenvalue weighted by molar-refractivity contribution is 8.00. The van der Waals surface area contributed by atoms with Gasteiger partial charge in [0, 0.05) is 32.4 Å². The Hall–Kier alpha value is -1.58. The van der Waals surface area contributed by atoms with Gasteiger partial charge in [-0.3, -0.25) is 9.69 Å². The summed E-state index contributed by atoms with van der Waals surface area (Å²) in [5, 5.41) is 10.0. The fourth-order valence-corrected chi connectivity index (χ4v) is 3.67. The lowest BCUT2D eigenvalue weighted by molar-refractivity contribution is -0.132. The Bertz CT molecular complexity index is 549. The molecule has 0 radical (unpaired) electrons. The van der Waals surface area contributed by atoms with Crippen molar-refractivity contribution in [1.82, 2.24) is 14.8 Å². The van der Waals surface area contributed by atoms with E-state index in [-0.39, 0.29) is 17.2 Å². The molecule has 124 valence electrons. The summed E-state index contributed by atoms with van der Waals surface area (Å²) in [4.78, 5) is 20.9. The number of piperazine rings is 1. The number of aromatic nitrogens is 1.